The number of carbonyl (C=O) groups excluding carboxylic acids is 2. The van der Waals surface area contributed by atoms with E-state index >= 15 is 0 Å². The van der Waals surface area contributed by atoms with E-state index < -0.39 is 12.0 Å². The number of aromatic amines is 1. The number of alkyl halides is 2. The number of nitrogens with one attached hydrogen (secondary N) is 4. The Morgan fingerprint density at radius 1 is 1.06 bits per heavy atom. The molecule has 3 aromatic rings. The molecule has 172 valence electrons. The molecule has 5 rings (SSSR count). The summed E-state index contributed by atoms with van der Waals surface area (Å²) in [5.74, 6) is -3.10. The van der Waals surface area contributed by atoms with Gasteiger partial charge in [-0.15, -0.1) is 0 Å². The molecule has 0 saturated heterocycles. The molecule has 0 spiro atoms. The van der Waals surface area contributed by atoms with Crippen LogP contribution in [-0.2, 0) is 4.79 Å². The number of anilines is 1. The molecule has 0 unspecified atom stereocenters. The second kappa shape index (κ2) is 8.09. The lowest BCUT2D eigenvalue weighted by Gasteiger charge is -2.37. The maximum atomic E-state index is 13.5. The van der Waals surface area contributed by atoms with Crippen molar-refractivity contribution in [1.82, 2.24) is 25.8 Å². The first-order chi connectivity index (χ1) is 15.8. The third kappa shape index (κ3) is 4.37. The van der Waals surface area contributed by atoms with Gasteiger partial charge in [-0.25, -0.2) is 8.78 Å². The zero-order valence-corrected chi connectivity index (χ0v) is 18.0. The number of pyridine rings is 1. The Kier molecular flexibility index (Phi) is 5.22. The van der Waals surface area contributed by atoms with Gasteiger partial charge < -0.3 is 16.0 Å². The molecule has 2 amide bonds. The van der Waals surface area contributed by atoms with Crippen LogP contribution in [0.2, 0.25) is 0 Å². The molecule has 10 heteroatoms. The van der Waals surface area contributed by atoms with Gasteiger partial charge in [0.05, 0.1) is 23.0 Å². The summed E-state index contributed by atoms with van der Waals surface area (Å²) in [6.07, 6.45) is 5.67. The highest BCUT2D eigenvalue weighted by molar-refractivity contribution is 6.08. The van der Waals surface area contributed by atoms with Gasteiger partial charge in [-0.05, 0) is 30.5 Å². The monoisotopic (exact) mass is 454 g/mol. The highest BCUT2D eigenvalue weighted by Gasteiger charge is 2.45. The summed E-state index contributed by atoms with van der Waals surface area (Å²) in [7, 11) is 0. The van der Waals surface area contributed by atoms with Crippen LogP contribution >= 0.6 is 0 Å². The van der Waals surface area contributed by atoms with Crippen molar-refractivity contribution in [1.29, 1.82) is 0 Å². The number of halogens is 2. The SMILES string of the molecule is CC(=O)NC1CC(NC(=O)c2cnc3ccc(-c4cn[nH]c4)cc3c2NC2CC(F)(F)C2)C1. The second-order valence-electron chi connectivity index (χ2n) is 8.91. The van der Waals surface area contributed by atoms with Crippen molar-refractivity contribution in [2.45, 2.75) is 56.7 Å². The van der Waals surface area contributed by atoms with E-state index in [1.165, 1.54) is 13.1 Å². The van der Waals surface area contributed by atoms with Gasteiger partial charge >= 0.3 is 0 Å². The number of carbonyl (C=O) groups is 2. The lowest BCUT2D eigenvalue weighted by molar-refractivity contribution is -0.120. The van der Waals surface area contributed by atoms with Crippen molar-refractivity contribution in [2.75, 3.05) is 5.32 Å². The molecule has 1 aromatic carbocycles. The normalized spacial score (nSPS) is 21.7. The van der Waals surface area contributed by atoms with Gasteiger partial charge in [0.1, 0.15) is 0 Å². The Balaban J connectivity index is 1.44. The molecular weight excluding hydrogens is 430 g/mol. The Bertz CT molecular complexity index is 1200. The molecule has 0 radical (unpaired) electrons. The Morgan fingerprint density at radius 2 is 1.82 bits per heavy atom. The number of nitrogens with zero attached hydrogens (tertiary/aromatic N) is 2. The largest absolute Gasteiger partial charge is 0.381 e. The van der Waals surface area contributed by atoms with E-state index in [1.807, 2.05) is 18.2 Å². The first kappa shape index (κ1) is 21.3. The van der Waals surface area contributed by atoms with E-state index in [9.17, 15) is 18.4 Å². The second-order valence-corrected chi connectivity index (χ2v) is 8.91. The zero-order valence-electron chi connectivity index (χ0n) is 18.0. The number of amides is 2. The first-order valence-electron chi connectivity index (χ1n) is 10.9. The summed E-state index contributed by atoms with van der Waals surface area (Å²) < 4.78 is 27.0. The highest BCUT2D eigenvalue weighted by atomic mass is 19.3. The molecule has 0 bridgehead atoms. The van der Waals surface area contributed by atoms with E-state index in [-0.39, 0.29) is 36.7 Å². The maximum Gasteiger partial charge on any atom is 0.255 e. The van der Waals surface area contributed by atoms with Crippen LogP contribution in [0.3, 0.4) is 0 Å². The Labute approximate surface area is 188 Å². The van der Waals surface area contributed by atoms with Crippen LogP contribution in [0.4, 0.5) is 14.5 Å². The molecule has 4 N–H and O–H groups in total. The minimum Gasteiger partial charge on any atom is -0.381 e. The van der Waals surface area contributed by atoms with Gasteiger partial charge in [0.25, 0.3) is 11.8 Å². The zero-order chi connectivity index (χ0) is 23.2. The van der Waals surface area contributed by atoms with E-state index in [2.05, 4.69) is 31.1 Å². The summed E-state index contributed by atoms with van der Waals surface area (Å²) >= 11 is 0. The number of hydrogen-bond donors (Lipinski definition) is 4. The van der Waals surface area contributed by atoms with Crippen LogP contribution in [0, 0.1) is 0 Å². The third-order valence-electron chi connectivity index (χ3n) is 6.26. The Hall–Kier alpha value is -3.56. The predicted molar refractivity (Wildman–Crippen MR) is 119 cm³/mol. The minimum absolute atomic E-state index is 0.0508. The molecule has 2 aliphatic rings. The van der Waals surface area contributed by atoms with Crippen molar-refractivity contribution in [3.05, 3.63) is 42.4 Å². The molecule has 2 saturated carbocycles. The minimum atomic E-state index is -2.68. The molecule has 2 aliphatic carbocycles. The van der Waals surface area contributed by atoms with E-state index in [0.717, 1.165) is 11.1 Å². The van der Waals surface area contributed by atoms with Crippen LogP contribution in [0.5, 0.6) is 0 Å². The van der Waals surface area contributed by atoms with Gasteiger partial charge in [-0.3, -0.25) is 19.7 Å². The third-order valence-corrected chi connectivity index (χ3v) is 6.26. The molecule has 0 atom stereocenters. The molecule has 2 heterocycles. The summed E-state index contributed by atoms with van der Waals surface area (Å²) in [4.78, 5) is 28.8. The average Bonchev–Trinajstić information content (AvgIpc) is 3.25. The first-order valence-corrected chi connectivity index (χ1v) is 10.9. The predicted octanol–water partition coefficient (Wildman–Crippen LogP) is 3.23. The van der Waals surface area contributed by atoms with Crippen LogP contribution in [0.25, 0.3) is 22.0 Å². The summed E-state index contributed by atoms with van der Waals surface area (Å²) in [5.41, 5.74) is 3.20. The molecule has 33 heavy (non-hydrogen) atoms. The van der Waals surface area contributed by atoms with Crippen LogP contribution < -0.4 is 16.0 Å². The van der Waals surface area contributed by atoms with E-state index in [0.29, 0.717) is 35.0 Å². The van der Waals surface area contributed by atoms with Crippen molar-refractivity contribution in [3.63, 3.8) is 0 Å². The summed E-state index contributed by atoms with van der Waals surface area (Å²) in [6.45, 7) is 1.46. The molecule has 2 aromatic heterocycles. The van der Waals surface area contributed by atoms with Gasteiger partial charge in [0.15, 0.2) is 0 Å². The average molecular weight is 454 g/mol. The number of H-pyrrole nitrogens is 1. The van der Waals surface area contributed by atoms with Crippen molar-refractivity contribution < 1.29 is 18.4 Å². The standard InChI is InChI=1S/C23H24F2N6O2/c1-12(32)29-15-5-16(6-15)31-22(33)19-11-26-20-3-2-13(14-9-27-28-10-14)4-18(20)21(19)30-17-7-23(24,25)8-17/h2-4,9-11,15-17H,5-8H2,1H3,(H,26,30)(H,27,28)(H,29,32)(H,31,33). The maximum absolute atomic E-state index is 13.5. The van der Waals surface area contributed by atoms with Gasteiger partial charge in [-0.2, -0.15) is 5.10 Å². The van der Waals surface area contributed by atoms with Crippen LogP contribution in [0.15, 0.2) is 36.8 Å². The summed E-state index contributed by atoms with van der Waals surface area (Å²) in [5, 5.41) is 16.4. The number of rotatable bonds is 6. The molecule has 8 nitrogen and oxygen atoms in total. The quantitative estimate of drug-likeness (QED) is 0.457. The molecular formula is C23H24F2N6O2. The van der Waals surface area contributed by atoms with Gasteiger partial charge in [-0.1, -0.05) is 6.07 Å². The number of hydrogen-bond acceptors (Lipinski definition) is 5. The van der Waals surface area contributed by atoms with E-state index in [4.69, 9.17) is 0 Å². The lowest BCUT2D eigenvalue weighted by atomic mass is 9.86. The van der Waals surface area contributed by atoms with Gasteiger partial charge in [0.2, 0.25) is 5.91 Å². The Morgan fingerprint density at radius 3 is 2.48 bits per heavy atom. The lowest BCUT2D eigenvalue weighted by Crippen LogP contribution is -2.53. The van der Waals surface area contributed by atoms with Gasteiger partial charge in [0, 0.05) is 61.2 Å². The smallest absolute Gasteiger partial charge is 0.255 e. The fourth-order valence-corrected chi connectivity index (χ4v) is 4.48. The number of aromatic nitrogens is 3. The van der Waals surface area contributed by atoms with E-state index in [1.54, 1.807) is 12.4 Å². The topological polar surface area (TPSA) is 112 Å². The number of benzene rings is 1. The van der Waals surface area contributed by atoms with Crippen molar-refractivity contribution in [3.8, 4) is 11.1 Å². The molecule has 2 fully saturated rings. The number of fused-ring (bicyclic) bond motifs is 1. The fraction of sp³-hybridized carbons (Fsp3) is 0.391. The van der Waals surface area contributed by atoms with Crippen molar-refractivity contribution >= 4 is 28.4 Å². The summed E-state index contributed by atoms with van der Waals surface area (Å²) in [6, 6.07) is 5.18. The van der Waals surface area contributed by atoms with Crippen molar-refractivity contribution in [2.24, 2.45) is 0 Å². The molecule has 0 aliphatic heterocycles. The highest BCUT2D eigenvalue weighted by Crippen LogP contribution is 2.41. The van der Waals surface area contributed by atoms with Crippen LogP contribution in [0.1, 0.15) is 43.0 Å². The van der Waals surface area contributed by atoms with Crippen LogP contribution in [-0.4, -0.2) is 51.0 Å². The fourth-order valence-electron chi connectivity index (χ4n) is 4.48.